The van der Waals surface area contributed by atoms with Crippen molar-refractivity contribution in [1.82, 2.24) is 0 Å². The average molecular weight is 208 g/mol. The van der Waals surface area contributed by atoms with E-state index in [9.17, 15) is 20.1 Å². The maximum absolute atomic E-state index is 11.1. The maximum Gasteiger partial charge on any atom is 0.379 e. The highest BCUT2D eigenvalue weighted by molar-refractivity contribution is 5.85. The molecule has 2 rings (SSSR count). The summed E-state index contributed by atoms with van der Waals surface area (Å²) in [6, 6.07) is 2.35. The highest BCUT2D eigenvalue weighted by Gasteiger charge is 2.12. The molecule has 0 aliphatic rings. The molecule has 0 bridgehead atoms. The molecule has 0 saturated heterocycles. The predicted octanol–water partition coefficient (Wildman–Crippen LogP) is 1.22. The third kappa shape index (κ3) is 1.28. The summed E-state index contributed by atoms with van der Waals surface area (Å²) < 4.78 is 4.73. The SMILES string of the molecule is Cc1c(O)c(=O)oc2cc(O)c(O)cc12. The van der Waals surface area contributed by atoms with Crippen LogP contribution in [0.4, 0.5) is 0 Å². The molecule has 78 valence electrons. The van der Waals surface area contributed by atoms with Gasteiger partial charge in [-0.05, 0) is 13.0 Å². The quantitative estimate of drug-likeness (QED) is 0.447. The van der Waals surface area contributed by atoms with Crippen molar-refractivity contribution in [2.75, 3.05) is 0 Å². The van der Waals surface area contributed by atoms with Crippen molar-refractivity contribution >= 4 is 11.0 Å². The normalized spacial score (nSPS) is 10.7. The number of phenolic OH excluding ortho intramolecular Hbond substituents is 2. The topological polar surface area (TPSA) is 90.9 Å². The van der Waals surface area contributed by atoms with Crippen LogP contribution in [0.3, 0.4) is 0 Å². The number of hydrogen-bond donors (Lipinski definition) is 3. The molecule has 15 heavy (non-hydrogen) atoms. The van der Waals surface area contributed by atoms with E-state index < -0.39 is 11.4 Å². The van der Waals surface area contributed by atoms with Gasteiger partial charge in [-0.1, -0.05) is 0 Å². The van der Waals surface area contributed by atoms with E-state index in [1.165, 1.54) is 13.0 Å². The second kappa shape index (κ2) is 2.91. The van der Waals surface area contributed by atoms with E-state index >= 15 is 0 Å². The third-order valence-electron chi connectivity index (χ3n) is 2.23. The lowest BCUT2D eigenvalue weighted by Gasteiger charge is -2.04. The molecule has 3 N–H and O–H groups in total. The Morgan fingerprint density at radius 1 is 1.13 bits per heavy atom. The van der Waals surface area contributed by atoms with E-state index in [4.69, 9.17) is 4.42 Å². The minimum Gasteiger partial charge on any atom is -0.504 e. The molecule has 0 spiro atoms. The van der Waals surface area contributed by atoms with Crippen LogP contribution in [0, 0.1) is 6.92 Å². The molecule has 1 heterocycles. The van der Waals surface area contributed by atoms with Gasteiger partial charge in [0.2, 0.25) is 5.75 Å². The lowest BCUT2D eigenvalue weighted by atomic mass is 10.1. The zero-order valence-electron chi connectivity index (χ0n) is 7.81. The van der Waals surface area contributed by atoms with E-state index in [0.29, 0.717) is 10.9 Å². The number of rotatable bonds is 0. The number of phenols is 2. The molecular weight excluding hydrogens is 200 g/mol. The number of fused-ring (bicyclic) bond motifs is 1. The van der Waals surface area contributed by atoms with Gasteiger partial charge in [0, 0.05) is 17.0 Å². The fourth-order valence-corrected chi connectivity index (χ4v) is 1.36. The van der Waals surface area contributed by atoms with Crippen LogP contribution >= 0.6 is 0 Å². The smallest absolute Gasteiger partial charge is 0.379 e. The molecule has 0 amide bonds. The fourth-order valence-electron chi connectivity index (χ4n) is 1.36. The van der Waals surface area contributed by atoms with Gasteiger partial charge in [0.25, 0.3) is 0 Å². The summed E-state index contributed by atoms with van der Waals surface area (Å²) in [4.78, 5) is 11.1. The van der Waals surface area contributed by atoms with Crippen molar-refractivity contribution in [2.24, 2.45) is 0 Å². The largest absolute Gasteiger partial charge is 0.504 e. The van der Waals surface area contributed by atoms with Crippen molar-refractivity contribution in [3.63, 3.8) is 0 Å². The molecule has 0 aliphatic heterocycles. The molecule has 0 fully saturated rings. The Morgan fingerprint density at radius 2 is 1.73 bits per heavy atom. The Kier molecular flexibility index (Phi) is 1.82. The Labute approximate surface area is 83.8 Å². The minimum atomic E-state index is -0.870. The number of aromatic hydroxyl groups is 3. The van der Waals surface area contributed by atoms with Gasteiger partial charge in [0.1, 0.15) is 5.58 Å². The Balaban J connectivity index is 3.00. The lowest BCUT2D eigenvalue weighted by molar-refractivity contribution is 0.400. The summed E-state index contributed by atoms with van der Waals surface area (Å²) in [7, 11) is 0. The van der Waals surface area contributed by atoms with Gasteiger partial charge >= 0.3 is 5.63 Å². The lowest BCUT2D eigenvalue weighted by Crippen LogP contribution is -2.00. The first kappa shape index (κ1) is 9.39. The second-order valence-corrected chi connectivity index (χ2v) is 3.20. The van der Waals surface area contributed by atoms with E-state index in [0.717, 1.165) is 6.07 Å². The molecular formula is C10H8O5. The van der Waals surface area contributed by atoms with Crippen molar-refractivity contribution in [3.05, 3.63) is 28.1 Å². The van der Waals surface area contributed by atoms with Crippen LogP contribution < -0.4 is 5.63 Å². The molecule has 0 saturated carbocycles. The molecule has 1 aromatic heterocycles. The number of benzene rings is 1. The van der Waals surface area contributed by atoms with E-state index in [2.05, 4.69) is 0 Å². The zero-order chi connectivity index (χ0) is 11.2. The van der Waals surface area contributed by atoms with Crippen LogP contribution in [0.2, 0.25) is 0 Å². The van der Waals surface area contributed by atoms with Crippen LogP contribution in [0.15, 0.2) is 21.3 Å². The highest BCUT2D eigenvalue weighted by Crippen LogP contribution is 2.32. The van der Waals surface area contributed by atoms with Crippen molar-refractivity contribution in [3.8, 4) is 17.2 Å². The summed E-state index contributed by atoms with van der Waals surface area (Å²) in [5.41, 5.74) is -0.452. The number of aryl methyl sites for hydroxylation is 1. The molecule has 0 aliphatic carbocycles. The van der Waals surface area contributed by atoms with Crippen LogP contribution in [0.5, 0.6) is 17.2 Å². The van der Waals surface area contributed by atoms with Gasteiger partial charge in [0.15, 0.2) is 11.5 Å². The summed E-state index contributed by atoms with van der Waals surface area (Å²) in [6.45, 7) is 1.52. The summed E-state index contributed by atoms with van der Waals surface area (Å²) in [6.07, 6.45) is 0. The molecule has 2 aromatic rings. The zero-order valence-corrected chi connectivity index (χ0v) is 7.81. The molecule has 1 aromatic carbocycles. The summed E-state index contributed by atoms with van der Waals surface area (Å²) in [5.74, 6) is -1.21. The van der Waals surface area contributed by atoms with Gasteiger partial charge < -0.3 is 19.7 Å². The van der Waals surface area contributed by atoms with Crippen LogP contribution in [-0.4, -0.2) is 15.3 Å². The highest BCUT2D eigenvalue weighted by atomic mass is 16.4. The van der Waals surface area contributed by atoms with E-state index in [1.807, 2.05) is 0 Å². The third-order valence-corrected chi connectivity index (χ3v) is 2.23. The van der Waals surface area contributed by atoms with Gasteiger partial charge in [0.05, 0.1) is 0 Å². The van der Waals surface area contributed by atoms with Crippen molar-refractivity contribution in [2.45, 2.75) is 6.92 Å². The van der Waals surface area contributed by atoms with Crippen LogP contribution in [0.1, 0.15) is 5.56 Å². The first-order valence-corrected chi connectivity index (χ1v) is 4.19. The molecule has 0 atom stereocenters. The monoisotopic (exact) mass is 208 g/mol. The molecule has 0 unspecified atom stereocenters. The van der Waals surface area contributed by atoms with Crippen LogP contribution in [-0.2, 0) is 0 Å². The van der Waals surface area contributed by atoms with Crippen LogP contribution in [0.25, 0.3) is 11.0 Å². The Morgan fingerprint density at radius 3 is 2.40 bits per heavy atom. The maximum atomic E-state index is 11.1. The van der Waals surface area contributed by atoms with Gasteiger partial charge in [-0.25, -0.2) is 4.79 Å². The van der Waals surface area contributed by atoms with Gasteiger partial charge in [-0.3, -0.25) is 0 Å². The van der Waals surface area contributed by atoms with E-state index in [1.54, 1.807) is 0 Å². The van der Waals surface area contributed by atoms with Crippen molar-refractivity contribution < 1.29 is 19.7 Å². The van der Waals surface area contributed by atoms with Crippen molar-refractivity contribution in [1.29, 1.82) is 0 Å². The van der Waals surface area contributed by atoms with Gasteiger partial charge in [-0.2, -0.15) is 0 Å². The standard InChI is InChI=1S/C10H8O5/c1-4-5-2-6(11)7(12)3-8(5)15-10(14)9(4)13/h2-3,11-13H,1H3. The number of hydrogen-bond acceptors (Lipinski definition) is 5. The first-order chi connectivity index (χ1) is 7.00. The molecule has 5 nitrogen and oxygen atoms in total. The second-order valence-electron chi connectivity index (χ2n) is 3.20. The predicted molar refractivity (Wildman–Crippen MR) is 52.2 cm³/mol. The first-order valence-electron chi connectivity index (χ1n) is 4.19. The summed E-state index contributed by atoms with van der Waals surface area (Å²) >= 11 is 0. The Bertz CT molecular complexity index is 597. The minimum absolute atomic E-state index is 0.116. The van der Waals surface area contributed by atoms with Gasteiger partial charge in [-0.15, -0.1) is 0 Å². The molecule has 5 heteroatoms. The average Bonchev–Trinajstić information content (AvgIpc) is 2.19. The fraction of sp³-hybridized carbons (Fsp3) is 0.100. The Hall–Kier alpha value is -2.17. The summed E-state index contributed by atoms with van der Waals surface area (Å²) in [5, 5.41) is 28.1. The molecule has 0 radical (unpaired) electrons. The van der Waals surface area contributed by atoms with E-state index in [-0.39, 0.29) is 17.1 Å².